The molecule has 0 aliphatic heterocycles. The summed E-state index contributed by atoms with van der Waals surface area (Å²) >= 11 is 0. The summed E-state index contributed by atoms with van der Waals surface area (Å²) in [5.41, 5.74) is 11.6. The Kier molecular flexibility index (Phi) is 3.39. The lowest BCUT2D eigenvalue weighted by Crippen LogP contribution is -2.15. The van der Waals surface area contributed by atoms with Crippen LogP contribution in [-0.4, -0.2) is 4.98 Å². The second-order valence-electron chi connectivity index (χ2n) is 8.99. The number of furan rings is 1. The number of fused-ring (bicyclic) bond motifs is 7. The fourth-order valence-electron chi connectivity index (χ4n) is 5.24. The topological polar surface area (TPSA) is 26.0 Å². The summed E-state index contributed by atoms with van der Waals surface area (Å²) in [6.07, 6.45) is 1.92. The van der Waals surface area contributed by atoms with Gasteiger partial charge in [-0.15, -0.1) is 0 Å². The van der Waals surface area contributed by atoms with E-state index in [0.717, 1.165) is 28.0 Å². The predicted molar refractivity (Wildman–Crippen MR) is 124 cm³/mol. The van der Waals surface area contributed by atoms with E-state index in [1.165, 1.54) is 38.6 Å². The molecule has 0 fully saturated rings. The van der Waals surface area contributed by atoms with Crippen LogP contribution in [0.4, 0.5) is 0 Å². The molecule has 5 aromatic rings. The van der Waals surface area contributed by atoms with E-state index < -0.39 is 0 Å². The maximum absolute atomic E-state index is 6.53. The van der Waals surface area contributed by atoms with Crippen molar-refractivity contribution in [1.82, 2.24) is 4.98 Å². The Balaban J connectivity index is 1.74. The van der Waals surface area contributed by atoms with Crippen molar-refractivity contribution in [2.24, 2.45) is 0 Å². The van der Waals surface area contributed by atoms with Crippen molar-refractivity contribution in [3.8, 4) is 22.4 Å². The van der Waals surface area contributed by atoms with Crippen LogP contribution in [0.1, 0.15) is 36.1 Å². The van der Waals surface area contributed by atoms with Gasteiger partial charge in [0, 0.05) is 27.9 Å². The average Bonchev–Trinajstić information content (AvgIpc) is 3.22. The lowest BCUT2D eigenvalue weighted by Gasteiger charge is -2.22. The van der Waals surface area contributed by atoms with Crippen molar-refractivity contribution in [1.29, 1.82) is 0 Å². The molecule has 0 amide bonds. The highest BCUT2D eigenvalue weighted by molar-refractivity contribution is 6.14. The summed E-state index contributed by atoms with van der Waals surface area (Å²) in [5.74, 6) is 0. The van der Waals surface area contributed by atoms with E-state index in [0.29, 0.717) is 0 Å². The zero-order valence-corrected chi connectivity index (χ0v) is 17.7. The van der Waals surface area contributed by atoms with Crippen LogP contribution >= 0.6 is 0 Å². The van der Waals surface area contributed by atoms with Gasteiger partial charge in [-0.05, 0) is 59.4 Å². The molecule has 0 unspecified atom stereocenters. The van der Waals surface area contributed by atoms with E-state index in [1.807, 2.05) is 6.20 Å². The van der Waals surface area contributed by atoms with Crippen LogP contribution in [0, 0.1) is 13.8 Å². The second kappa shape index (κ2) is 5.82. The Bertz CT molecular complexity index is 1470. The van der Waals surface area contributed by atoms with Crippen molar-refractivity contribution in [2.75, 3.05) is 0 Å². The molecule has 2 aromatic heterocycles. The Hall–Kier alpha value is -3.39. The maximum atomic E-state index is 6.53. The Morgan fingerprint density at radius 3 is 2.47 bits per heavy atom. The van der Waals surface area contributed by atoms with Gasteiger partial charge in [0.25, 0.3) is 0 Å². The molecule has 0 atom stereocenters. The van der Waals surface area contributed by atoms with Crippen molar-refractivity contribution in [3.63, 3.8) is 0 Å². The normalized spacial score (nSPS) is 14.3. The number of aryl methyl sites for hydroxylation is 2. The molecule has 0 spiro atoms. The molecule has 3 aromatic carbocycles. The van der Waals surface area contributed by atoms with Gasteiger partial charge in [0.15, 0.2) is 0 Å². The van der Waals surface area contributed by atoms with Crippen molar-refractivity contribution in [3.05, 3.63) is 89.1 Å². The molecule has 0 saturated heterocycles. The van der Waals surface area contributed by atoms with E-state index in [9.17, 15) is 0 Å². The summed E-state index contributed by atoms with van der Waals surface area (Å²) < 4.78 is 6.53. The molecule has 1 aliphatic carbocycles. The summed E-state index contributed by atoms with van der Waals surface area (Å²) in [4.78, 5) is 4.70. The molecule has 30 heavy (non-hydrogen) atoms. The van der Waals surface area contributed by atoms with Crippen LogP contribution in [0.3, 0.4) is 0 Å². The molecular formula is C28H23NO. The third kappa shape index (κ3) is 2.16. The molecule has 2 nitrogen and oxygen atoms in total. The summed E-state index contributed by atoms with van der Waals surface area (Å²) in [7, 11) is 0. The van der Waals surface area contributed by atoms with Crippen LogP contribution in [0.2, 0.25) is 0 Å². The fraction of sp³-hybridized carbons (Fsp3) is 0.179. The lowest BCUT2D eigenvalue weighted by atomic mass is 9.80. The van der Waals surface area contributed by atoms with Crippen molar-refractivity contribution in [2.45, 2.75) is 33.1 Å². The van der Waals surface area contributed by atoms with E-state index in [2.05, 4.69) is 88.4 Å². The van der Waals surface area contributed by atoms with E-state index in [4.69, 9.17) is 9.40 Å². The smallest absolute Gasteiger partial charge is 0.145 e. The highest BCUT2D eigenvalue weighted by Crippen LogP contribution is 2.53. The van der Waals surface area contributed by atoms with Crippen LogP contribution in [0.15, 0.2) is 71.3 Å². The molecule has 0 saturated carbocycles. The van der Waals surface area contributed by atoms with Crippen LogP contribution < -0.4 is 0 Å². The van der Waals surface area contributed by atoms with E-state index >= 15 is 0 Å². The average molecular weight is 389 g/mol. The summed E-state index contributed by atoms with van der Waals surface area (Å²) in [5, 5.41) is 2.41. The largest absolute Gasteiger partial charge is 0.455 e. The molecular weight excluding hydrogens is 366 g/mol. The van der Waals surface area contributed by atoms with Crippen molar-refractivity contribution >= 4 is 21.9 Å². The van der Waals surface area contributed by atoms with Gasteiger partial charge in [-0.3, -0.25) is 4.98 Å². The quantitative estimate of drug-likeness (QED) is 0.295. The monoisotopic (exact) mass is 389 g/mol. The van der Waals surface area contributed by atoms with Gasteiger partial charge in [-0.2, -0.15) is 0 Å². The third-order valence-electron chi connectivity index (χ3n) is 6.70. The number of hydrogen-bond donors (Lipinski definition) is 0. The number of aromatic nitrogens is 1. The zero-order chi connectivity index (χ0) is 20.6. The number of nitrogens with zero attached hydrogens (tertiary/aromatic N) is 1. The fourth-order valence-corrected chi connectivity index (χ4v) is 5.24. The Labute approximate surface area is 176 Å². The van der Waals surface area contributed by atoms with Gasteiger partial charge in [-0.25, -0.2) is 0 Å². The van der Waals surface area contributed by atoms with Crippen LogP contribution in [0.25, 0.3) is 44.3 Å². The molecule has 146 valence electrons. The zero-order valence-electron chi connectivity index (χ0n) is 17.7. The van der Waals surface area contributed by atoms with Crippen molar-refractivity contribution < 1.29 is 4.42 Å². The minimum Gasteiger partial charge on any atom is -0.455 e. The van der Waals surface area contributed by atoms with Gasteiger partial charge < -0.3 is 4.42 Å². The first-order chi connectivity index (χ1) is 14.5. The van der Waals surface area contributed by atoms with E-state index in [1.54, 1.807) is 0 Å². The predicted octanol–water partition coefficient (Wildman–Crippen LogP) is 7.57. The molecule has 2 heteroatoms. The summed E-state index contributed by atoms with van der Waals surface area (Å²) in [6, 6.07) is 21.7. The number of benzene rings is 3. The van der Waals surface area contributed by atoms with Crippen LogP contribution in [0.5, 0.6) is 0 Å². The van der Waals surface area contributed by atoms with Gasteiger partial charge in [0.1, 0.15) is 11.2 Å². The summed E-state index contributed by atoms with van der Waals surface area (Å²) in [6.45, 7) is 8.85. The highest BCUT2D eigenvalue weighted by Gasteiger charge is 2.38. The van der Waals surface area contributed by atoms with Gasteiger partial charge in [0.2, 0.25) is 0 Å². The minimum absolute atomic E-state index is 0.0740. The van der Waals surface area contributed by atoms with Gasteiger partial charge in [-0.1, -0.05) is 62.4 Å². The molecule has 6 rings (SSSR count). The first kappa shape index (κ1) is 17.5. The molecule has 2 heterocycles. The second-order valence-corrected chi connectivity index (χ2v) is 8.99. The van der Waals surface area contributed by atoms with Gasteiger partial charge >= 0.3 is 0 Å². The maximum Gasteiger partial charge on any atom is 0.145 e. The molecule has 0 bridgehead atoms. The Morgan fingerprint density at radius 1 is 0.833 bits per heavy atom. The Morgan fingerprint density at radius 2 is 1.67 bits per heavy atom. The minimum atomic E-state index is -0.0740. The van der Waals surface area contributed by atoms with Crippen LogP contribution in [-0.2, 0) is 5.41 Å². The molecule has 0 radical (unpaired) electrons. The lowest BCUT2D eigenvalue weighted by molar-refractivity contribution is 0.657. The first-order valence-electron chi connectivity index (χ1n) is 10.5. The van der Waals surface area contributed by atoms with E-state index in [-0.39, 0.29) is 5.41 Å². The number of rotatable bonds is 1. The first-order valence-corrected chi connectivity index (χ1v) is 10.5. The third-order valence-corrected chi connectivity index (χ3v) is 6.70. The number of hydrogen-bond acceptors (Lipinski definition) is 2. The standard InChI is InChI=1S/C28H23NO/c1-16-9-13-22(29-15-16)24-17(2)10-11-20-25-23(30-27(20)24)14-12-19-18-7-5-6-8-21(18)28(3,4)26(19)25/h5-15H,1-4H3. The SMILES string of the molecule is Cc1ccc(-c2c(C)ccc3c2oc2ccc4c(c23)C(C)(C)c2ccccc2-4)nc1. The molecule has 1 aliphatic rings. The van der Waals surface area contributed by atoms with Gasteiger partial charge in [0.05, 0.1) is 5.69 Å². The number of pyridine rings is 1. The highest BCUT2D eigenvalue weighted by atomic mass is 16.3. The molecule has 0 N–H and O–H groups in total.